The van der Waals surface area contributed by atoms with E-state index in [-0.39, 0.29) is 23.3 Å². The van der Waals surface area contributed by atoms with E-state index >= 15 is 0 Å². The molecule has 1 aromatic heterocycles. The van der Waals surface area contributed by atoms with Crippen LogP contribution in [0.2, 0.25) is 0 Å². The van der Waals surface area contributed by atoms with Gasteiger partial charge in [0.15, 0.2) is 6.29 Å². The first-order valence-electron chi connectivity index (χ1n) is 19.6. The summed E-state index contributed by atoms with van der Waals surface area (Å²) < 4.78 is 24.8. The van der Waals surface area contributed by atoms with Crippen molar-refractivity contribution in [3.05, 3.63) is 87.0 Å². The van der Waals surface area contributed by atoms with Crippen molar-refractivity contribution in [1.82, 2.24) is 19.3 Å². The number of hydrogen-bond acceptors (Lipinski definition) is 11. The second-order valence-electron chi connectivity index (χ2n) is 14.5. The van der Waals surface area contributed by atoms with Crippen molar-refractivity contribution in [1.29, 1.82) is 0 Å². The summed E-state index contributed by atoms with van der Waals surface area (Å²) in [5, 5.41) is 3.24. The van der Waals surface area contributed by atoms with Gasteiger partial charge in [-0.2, -0.15) is 0 Å². The topological polar surface area (TPSA) is 132 Å². The Morgan fingerprint density at radius 1 is 0.983 bits per heavy atom. The second-order valence-corrected chi connectivity index (χ2v) is 14.5. The molecule has 0 aliphatic rings. The lowest BCUT2D eigenvalue weighted by atomic mass is 9.95. The van der Waals surface area contributed by atoms with Gasteiger partial charge < -0.3 is 43.5 Å². The maximum absolute atomic E-state index is 13.5. The molecule has 2 aromatic carbocycles. The zero-order valence-corrected chi connectivity index (χ0v) is 36.1. The SMILES string of the molecule is C=Cc1c(/C=C(\C)N(C)CCOCCOCCNc2cccc(C=O)c2C(=O)N(C)C(C)CCC(=O)CC)c(-c2cc(OC)c(CN(C)C)c(OC)c2)cn(C)c1=O. The van der Waals surface area contributed by atoms with Crippen molar-refractivity contribution in [2.45, 2.75) is 52.6 Å². The van der Waals surface area contributed by atoms with Gasteiger partial charge in [-0.25, -0.2) is 0 Å². The number of allylic oxidation sites excluding steroid dienone is 1. The third kappa shape index (κ3) is 12.6. The van der Waals surface area contributed by atoms with Crippen molar-refractivity contribution in [3.8, 4) is 22.6 Å². The van der Waals surface area contributed by atoms with Crippen molar-refractivity contribution in [3.63, 3.8) is 0 Å². The predicted octanol–water partition coefficient (Wildman–Crippen LogP) is 6.24. The van der Waals surface area contributed by atoms with Crippen LogP contribution in [0.1, 0.15) is 77.4 Å². The van der Waals surface area contributed by atoms with Crippen LogP contribution in [-0.4, -0.2) is 125 Å². The highest BCUT2D eigenvalue weighted by molar-refractivity contribution is 6.06. The lowest BCUT2D eigenvalue weighted by molar-refractivity contribution is -0.119. The molecule has 0 bridgehead atoms. The van der Waals surface area contributed by atoms with Crippen LogP contribution in [0.4, 0.5) is 5.69 Å². The molecule has 1 amide bonds. The van der Waals surface area contributed by atoms with Gasteiger partial charge in [0, 0.05) is 93.9 Å². The summed E-state index contributed by atoms with van der Waals surface area (Å²) in [6.45, 7) is 12.9. The van der Waals surface area contributed by atoms with E-state index in [0.717, 1.165) is 28.0 Å². The number of nitrogens with zero attached hydrogens (tertiary/aromatic N) is 4. The summed E-state index contributed by atoms with van der Waals surface area (Å²) in [5.74, 6) is 1.25. The number of ketones is 1. The van der Waals surface area contributed by atoms with Crippen molar-refractivity contribution >= 4 is 35.8 Å². The molecule has 316 valence electrons. The number of carbonyl (C=O) groups is 3. The van der Waals surface area contributed by atoms with Gasteiger partial charge in [0.1, 0.15) is 17.3 Å². The Morgan fingerprint density at radius 3 is 2.22 bits per heavy atom. The molecular formula is C45H63N5O8. The fourth-order valence-corrected chi connectivity index (χ4v) is 6.41. The molecule has 13 nitrogen and oxygen atoms in total. The average Bonchev–Trinajstić information content (AvgIpc) is 3.22. The highest BCUT2D eigenvalue weighted by Gasteiger charge is 2.24. The molecule has 3 aromatic rings. The van der Waals surface area contributed by atoms with Crippen LogP contribution >= 0.6 is 0 Å². The van der Waals surface area contributed by atoms with Gasteiger partial charge in [0.05, 0.1) is 51.8 Å². The Bertz CT molecular complexity index is 1950. The molecule has 0 saturated carbocycles. The lowest BCUT2D eigenvalue weighted by Gasteiger charge is -2.26. The largest absolute Gasteiger partial charge is 0.496 e. The Morgan fingerprint density at radius 2 is 1.64 bits per heavy atom. The molecule has 3 rings (SSSR count). The number of methoxy groups -OCH3 is 2. The molecule has 13 heteroatoms. The van der Waals surface area contributed by atoms with Crippen LogP contribution in [0.25, 0.3) is 23.3 Å². The van der Waals surface area contributed by atoms with E-state index in [4.69, 9.17) is 18.9 Å². The van der Waals surface area contributed by atoms with E-state index < -0.39 is 0 Å². The number of pyridine rings is 1. The first kappa shape index (κ1) is 47.1. The minimum atomic E-state index is -0.285. The van der Waals surface area contributed by atoms with Gasteiger partial charge in [0.2, 0.25) is 0 Å². The Kier molecular flexibility index (Phi) is 18.9. The number of aldehydes is 1. The number of hydrogen-bond donors (Lipinski definition) is 1. The molecule has 1 heterocycles. The predicted molar refractivity (Wildman–Crippen MR) is 232 cm³/mol. The highest BCUT2D eigenvalue weighted by Crippen LogP contribution is 2.38. The molecule has 1 unspecified atom stereocenters. The zero-order chi connectivity index (χ0) is 42.9. The van der Waals surface area contributed by atoms with Gasteiger partial charge in [0.25, 0.3) is 11.5 Å². The number of anilines is 1. The molecular weight excluding hydrogens is 739 g/mol. The third-order valence-corrected chi connectivity index (χ3v) is 10.2. The van der Waals surface area contributed by atoms with E-state index in [1.165, 1.54) is 0 Å². The summed E-state index contributed by atoms with van der Waals surface area (Å²) in [6, 6.07) is 8.89. The molecule has 0 aliphatic carbocycles. The number of Topliss-reactive ketones (excluding diaryl/α,β-unsaturated/α-hetero) is 1. The number of carbonyl (C=O) groups excluding carboxylic acids is 3. The number of ether oxygens (including phenoxy) is 4. The zero-order valence-electron chi connectivity index (χ0n) is 36.1. The van der Waals surface area contributed by atoms with Gasteiger partial charge in [-0.15, -0.1) is 0 Å². The number of amides is 1. The normalized spacial score (nSPS) is 11.9. The summed E-state index contributed by atoms with van der Waals surface area (Å²) >= 11 is 0. The smallest absolute Gasteiger partial charge is 0.258 e. The third-order valence-electron chi connectivity index (χ3n) is 10.2. The molecule has 0 fully saturated rings. The van der Waals surface area contributed by atoms with Gasteiger partial charge in [-0.3, -0.25) is 19.2 Å². The minimum absolute atomic E-state index is 0.152. The maximum atomic E-state index is 13.5. The molecule has 1 N–H and O–H groups in total. The van der Waals surface area contributed by atoms with E-state index in [1.54, 1.807) is 62.1 Å². The van der Waals surface area contributed by atoms with Gasteiger partial charge in [-0.1, -0.05) is 31.7 Å². The van der Waals surface area contributed by atoms with E-state index in [0.29, 0.717) is 105 Å². The molecule has 0 aliphatic heterocycles. The summed E-state index contributed by atoms with van der Waals surface area (Å²) in [4.78, 5) is 56.1. The minimum Gasteiger partial charge on any atom is -0.496 e. The van der Waals surface area contributed by atoms with Crippen molar-refractivity contribution in [2.24, 2.45) is 7.05 Å². The van der Waals surface area contributed by atoms with E-state index in [2.05, 4.69) is 16.8 Å². The number of benzene rings is 2. The first-order chi connectivity index (χ1) is 27.7. The standard InChI is InChI=1S/C45H63N5O8/c1-12-35(52)18-17-31(3)50(9)45(54)43-33(30-51)15-14-16-40(43)46-19-21-57-23-24-58-22-20-48(7)32(4)25-37-36(13-2)44(53)49(8)29-38(37)34-26-41(55-10)39(28-47(5)6)42(27-34)56-11/h13-16,25-27,29-31,46H,2,12,17-24,28H2,1,3-11H3/b32-25+. The average molecular weight is 802 g/mol. The van der Waals surface area contributed by atoms with Crippen molar-refractivity contribution in [2.75, 3.05) is 87.2 Å². The fraction of sp³-hybridized carbons (Fsp3) is 0.467. The van der Waals surface area contributed by atoms with Crippen LogP contribution in [-0.2, 0) is 27.9 Å². The summed E-state index contributed by atoms with van der Waals surface area (Å²) in [7, 11) is 12.6. The number of rotatable bonds is 25. The molecule has 1 atom stereocenters. The molecule has 0 saturated heterocycles. The summed E-state index contributed by atoms with van der Waals surface area (Å²) in [5.41, 5.74) is 5.75. The van der Waals surface area contributed by atoms with Gasteiger partial charge >= 0.3 is 0 Å². The number of likely N-dealkylation sites (N-methyl/N-ethyl adjacent to an activating group) is 1. The van der Waals surface area contributed by atoms with Gasteiger partial charge in [-0.05, 0) is 69.8 Å². The van der Waals surface area contributed by atoms with Crippen LogP contribution in [0.5, 0.6) is 11.5 Å². The molecule has 0 radical (unpaired) electrons. The first-order valence-corrected chi connectivity index (χ1v) is 19.6. The Balaban J connectivity index is 1.59. The highest BCUT2D eigenvalue weighted by atomic mass is 16.5. The van der Waals surface area contributed by atoms with E-state index in [1.807, 2.05) is 71.2 Å². The van der Waals surface area contributed by atoms with Crippen LogP contribution in [0.3, 0.4) is 0 Å². The van der Waals surface area contributed by atoms with Crippen LogP contribution in [0.15, 0.2) is 53.6 Å². The van der Waals surface area contributed by atoms with Crippen molar-refractivity contribution < 1.29 is 33.3 Å². The monoisotopic (exact) mass is 801 g/mol. The number of aryl methyl sites for hydroxylation is 1. The van der Waals surface area contributed by atoms with E-state index in [9.17, 15) is 19.2 Å². The van der Waals surface area contributed by atoms with Crippen LogP contribution in [0, 0.1) is 0 Å². The quantitative estimate of drug-likeness (QED) is 0.0772. The molecule has 0 spiro atoms. The lowest BCUT2D eigenvalue weighted by Crippen LogP contribution is -2.36. The number of nitrogens with one attached hydrogen (secondary N) is 1. The maximum Gasteiger partial charge on any atom is 0.258 e. The molecule has 58 heavy (non-hydrogen) atoms. The second kappa shape index (κ2) is 23.2. The fourth-order valence-electron chi connectivity index (χ4n) is 6.41. The Labute approximate surface area is 344 Å². The Hall–Kier alpha value is -5.24. The van der Waals surface area contributed by atoms with Crippen LogP contribution < -0.4 is 20.3 Å². The summed E-state index contributed by atoms with van der Waals surface area (Å²) in [6.07, 6.45) is 7.52. The number of aromatic nitrogens is 1.